The van der Waals surface area contributed by atoms with Gasteiger partial charge in [0.2, 0.25) is 0 Å². The highest BCUT2D eigenvalue weighted by Crippen LogP contribution is 2.44. The first-order chi connectivity index (χ1) is 30.4. The highest BCUT2D eigenvalue weighted by Gasteiger charge is 2.25. The molecule has 0 atom stereocenters. The predicted molar refractivity (Wildman–Crippen MR) is 254 cm³/mol. The molecule has 0 fully saturated rings. The van der Waals surface area contributed by atoms with E-state index in [9.17, 15) is 5.11 Å². The number of benzene rings is 8. The molecule has 296 valence electrons. The third-order valence-corrected chi connectivity index (χ3v) is 12.3. The molecule has 0 aliphatic heterocycles. The summed E-state index contributed by atoms with van der Waals surface area (Å²) in [7, 11) is 0. The van der Waals surface area contributed by atoms with E-state index >= 15 is 0 Å². The fourth-order valence-corrected chi connectivity index (χ4v) is 8.98. The van der Waals surface area contributed by atoms with Gasteiger partial charge in [0.15, 0.2) is 0 Å². The van der Waals surface area contributed by atoms with Gasteiger partial charge in [-0.2, -0.15) is 0 Å². The number of phenolic OH excluding ortho intramolecular Hbond substituents is 1. The summed E-state index contributed by atoms with van der Waals surface area (Å²) in [6.07, 6.45) is 1.89. The van der Waals surface area contributed by atoms with Gasteiger partial charge in [0.05, 0.1) is 28.0 Å². The number of aromatic hydroxyl groups is 1. The zero-order valence-corrected chi connectivity index (χ0v) is 34.3. The molecule has 0 aliphatic carbocycles. The molecule has 0 saturated carbocycles. The van der Waals surface area contributed by atoms with Crippen LogP contribution in [0.1, 0.15) is 25.0 Å². The molecule has 11 rings (SSSR count). The average molecular weight is 800 g/mol. The van der Waals surface area contributed by atoms with Crippen LogP contribution in [0.4, 0.5) is 0 Å². The number of para-hydroxylation sites is 4. The summed E-state index contributed by atoms with van der Waals surface area (Å²) in [5.41, 5.74) is 15.3. The molecular weight excluding hydrogens is 759 g/mol. The van der Waals surface area contributed by atoms with Gasteiger partial charge in [-0.3, -0.25) is 9.55 Å². The number of rotatable bonds is 8. The molecule has 3 aromatic heterocycles. The first-order valence-electron chi connectivity index (χ1n) is 21.0. The second-order valence-electron chi connectivity index (χ2n) is 16.3. The van der Waals surface area contributed by atoms with Gasteiger partial charge in [-0.25, -0.2) is 4.98 Å². The number of hydrogen-bond acceptors (Lipinski definition) is 4. The topological polar surface area (TPSA) is 64.1 Å². The van der Waals surface area contributed by atoms with Gasteiger partial charge < -0.3 is 9.52 Å². The van der Waals surface area contributed by atoms with E-state index < -0.39 is 0 Å². The smallest absolute Gasteiger partial charge is 0.149 e. The molecule has 0 radical (unpaired) electrons. The normalized spacial score (nSPS) is 11.8. The Hall–Kier alpha value is -8.02. The lowest BCUT2D eigenvalue weighted by atomic mass is 9.78. The van der Waals surface area contributed by atoms with E-state index in [1.807, 2.05) is 42.6 Å². The second kappa shape index (κ2) is 14.9. The van der Waals surface area contributed by atoms with Gasteiger partial charge in [0.1, 0.15) is 22.7 Å². The Morgan fingerprint density at radius 1 is 0.500 bits per heavy atom. The number of fused-ring (bicyclic) bond motifs is 4. The first-order valence-corrected chi connectivity index (χ1v) is 21.0. The number of aromatic nitrogens is 3. The quantitative estimate of drug-likeness (QED) is 0.166. The van der Waals surface area contributed by atoms with Crippen LogP contribution in [-0.2, 0) is 5.41 Å². The van der Waals surface area contributed by atoms with Crippen molar-refractivity contribution < 1.29 is 9.52 Å². The number of phenols is 1. The molecule has 0 aliphatic rings. The van der Waals surface area contributed by atoms with Crippen LogP contribution >= 0.6 is 0 Å². The van der Waals surface area contributed by atoms with E-state index in [0.29, 0.717) is 11.4 Å². The van der Waals surface area contributed by atoms with Crippen molar-refractivity contribution in [3.8, 4) is 67.5 Å². The van der Waals surface area contributed by atoms with Crippen molar-refractivity contribution in [2.75, 3.05) is 0 Å². The van der Waals surface area contributed by atoms with Crippen LogP contribution in [0.5, 0.6) is 5.75 Å². The van der Waals surface area contributed by atoms with Crippen LogP contribution < -0.4 is 0 Å². The summed E-state index contributed by atoms with van der Waals surface area (Å²) in [5.74, 6) is 0.813. The van der Waals surface area contributed by atoms with Crippen LogP contribution in [0, 0.1) is 0 Å². The average Bonchev–Trinajstić information content (AvgIpc) is 3.91. The maximum Gasteiger partial charge on any atom is 0.149 e. The lowest BCUT2D eigenvalue weighted by molar-refractivity contribution is 0.477. The van der Waals surface area contributed by atoms with Crippen molar-refractivity contribution in [1.29, 1.82) is 0 Å². The fourth-order valence-electron chi connectivity index (χ4n) is 8.98. The Balaban J connectivity index is 1.10. The van der Waals surface area contributed by atoms with Crippen LogP contribution in [0.3, 0.4) is 0 Å². The Bertz CT molecular complexity index is 3440. The molecule has 62 heavy (non-hydrogen) atoms. The van der Waals surface area contributed by atoms with Crippen molar-refractivity contribution in [3.63, 3.8) is 0 Å². The van der Waals surface area contributed by atoms with E-state index in [2.05, 4.69) is 176 Å². The molecule has 0 bridgehead atoms. The standard InChI is InChI=1S/C57H41N3O2/c1-57(2,41-18-7-4-8-19-41)42-30-28-37(29-31-42)39-32-33-58-49(36-39)48-35-40(34-47-45-21-11-14-27-53(45)62-55(47)48)44-23-15-25-51-54(44)59-56(46-22-10-13-26-52(46)61)60(51)50-24-12-9-20-43(50)38-16-5-3-6-17-38/h3-36,61H,1-2H3. The largest absolute Gasteiger partial charge is 0.507 e. The molecular formula is C57H41N3O2. The molecule has 5 nitrogen and oxygen atoms in total. The molecule has 1 N–H and O–H groups in total. The van der Waals surface area contributed by atoms with Crippen molar-refractivity contribution in [1.82, 2.24) is 14.5 Å². The molecule has 8 aromatic carbocycles. The number of pyridine rings is 1. The minimum absolute atomic E-state index is 0.136. The van der Waals surface area contributed by atoms with E-state index in [1.165, 1.54) is 11.1 Å². The zero-order chi connectivity index (χ0) is 41.8. The summed E-state index contributed by atoms with van der Waals surface area (Å²) >= 11 is 0. The maximum absolute atomic E-state index is 11.3. The number of nitrogens with zero attached hydrogens (tertiary/aromatic N) is 3. The van der Waals surface area contributed by atoms with Crippen molar-refractivity contribution in [2.24, 2.45) is 0 Å². The minimum Gasteiger partial charge on any atom is -0.507 e. The van der Waals surface area contributed by atoms with Gasteiger partial charge in [0, 0.05) is 39.1 Å². The third-order valence-electron chi connectivity index (χ3n) is 12.3. The van der Waals surface area contributed by atoms with Gasteiger partial charge in [-0.05, 0) is 88.0 Å². The molecule has 11 aromatic rings. The highest BCUT2D eigenvalue weighted by molar-refractivity contribution is 6.12. The summed E-state index contributed by atoms with van der Waals surface area (Å²) in [4.78, 5) is 10.4. The molecule has 0 saturated heterocycles. The maximum atomic E-state index is 11.3. The number of imidazole rings is 1. The summed E-state index contributed by atoms with van der Waals surface area (Å²) in [5, 5.41) is 13.4. The van der Waals surface area contributed by atoms with Crippen LogP contribution in [0.2, 0.25) is 0 Å². The second-order valence-corrected chi connectivity index (χ2v) is 16.3. The van der Waals surface area contributed by atoms with Crippen molar-refractivity contribution >= 4 is 33.0 Å². The van der Waals surface area contributed by atoms with Crippen LogP contribution in [-0.4, -0.2) is 19.6 Å². The van der Waals surface area contributed by atoms with E-state index in [-0.39, 0.29) is 11.2 Å². The minimum atomic E-state index is -0.136. The fraction of sp³-hybridized carbons (Fsp3) is 0.0526. The molecule has 0 spiro atoms. The van der Waals surface area contributed by atoms with E-state index in [1.54, 1.807) is 6.07 Å². The summed E-state index contributed by atoms with van der Waals surface area (Å²) in [6, 6.07) is 68.9. The Morgan fingerprint density at radius 2 is 1.18 bits per heavy atom. The Kier molecular flexibility index (Phi) is 8.90. The van der Waals surface area contributed by atoms with E-state index in [0.717, 1.165) is 83.3 Å². The predicted octanol–water partition coefficient (Wildman–Crippen LogP) is 14.7. The zero-order valence-electron chi connectivity index (χ0n) is 34.3. The third kappa shape index (κ3) is 6.25. The van der Waals surface area contributed by atoms with Crippen molar-refractivity contribution in [2.45, 2.75) is 19.3 Å². The lowest BCUT2D eigenvalue weighted by Crippen LogP contribution is -2.18. The Morgan fingerprint density at radius 3 is 1.98 bits per heavy atom. The SMILES string of the molecule is CC(C)(c1ccccc1)c1ccc(-c2ccnc(-c3cc(-c4cccc5c4nc(-c4ccccc4O)n5-c4ccccc4-c4ccccc4)cc4c3oc3ccccc34)c2)cc1. The highest BCUT2D eigenvalue weighted by atomic mass is 16.3. The van der Waals surface area contributed by atoms with Gasteiger partial charge in [-0.1, -0.05) is 159 Å². The van der Waals surface area contributed by atoms with Gasteiger partial charge in [0.25, 0.3) is 0 Å². The van der Waals surface area contributed by atoms with Crippen molar-refractivity contribution in [3.05, 3.63) is 218 Å². The number of furan rings is 1. The first kappa shape index (κ1) is 37.0. The van der Waals surface area contributed by atoms with Gasteiger partial charge >= 0.3 is 0 Å². The molecule has 5 heteroatoms. The molecule has 3 heterocycles. The lowest BCUT2D eigenvalue weighted by Gasteiger charge is -2.26. The molecule has 0 unspecified atom stereocenters. The molecule has 0 amide bonds. The van der Waals surface area contributed by atoms with Crippen LogP contribution in [0.25, 0.3) is 94.7 Å². The van der Waals surface area contributed by atoms with Gasteiger partial charge in [-0.15, -0.1) is 0 Å². The summed E-state index contributed by atoms with van der Waals surface area (Å²) < 4.78 is 8.86. The van der Waals surface area contributed by atoms with Crippen LogP contribution in [0.15, 0.2) is 211 Å². The summed E-state index contributed by atoms with van der Waals surface area (Å²) in [6.45, 7) is 4.54. The monoisotopic (exact) mass is 799 g/mol. The Labute approximate surface area is 359 Å². The number of hydrogen-bond donors (Lipinski definition) is 1. The van der Waals surface area contributed by atoms with E-state index in [4.69, 9.17) is 14.4 Å².